The monoisotopic (exact) mass is 338 g/mol. The van der Waals surface area contributed by atoms with Crippen molar-refractivity contribution in [1.82, 2.24) is 0 Å². The number of allylic oxidation sites excluding steroid dienone is 4. The highest BCUT2D eigenvalue weighted by Crippen LogP contribution is 2.35. The molecule has 0 saturated carbocycles. The molecule has 1 rings (SSSR count). The molecule has 0 bridgehead atoms. The SMILES string of the molecule is CCCCCCCC(CC(OCC)(OCC)OCC)C1C=CC=C1. The van der Waals surface area contributed by atoms with Crippen molar-refractivity contribution in [2.24, 2.45) is 11.8 Å². The normalized spacial score (nSPS) is 16.2. The predicted molar refractivity (Wildman–Crippen MR) is 101 cm³/mol. The van der Waals surface area contributed by atoms with E-state index in [0.717, 1.165) is 6.42 Å². The first-order valence-corrected chi connectivity index (χ1v) is 9.98. The summed E-state index contributed by atoms with van der Waals surface area (Å²) in [5.74, 6) is 0.0690. The second-order valence-electron chi connectivity index (χ2n) is 6.50. The Morgan fingerprint density at radius 3 is 1.83 bits per heavy atom. The molecule has 0 radical (unpaired) electrons. The molecular formula is C21H38O3. The number of unbranched alkanes of at least 4 members (excludes halogenated alkanes) is 4. The summed E-state index contributed by atoms with van der Waals surface area (Å²) in [6, 6.07) is 0. The Bertz CT molecular complexity index is 333. The third kappa shape index (κ3) is 7.50. The Labute approximate surface area is 149 Å². The Morgan fingerprint density at radius 2 is 1.33 bits per heavy atom. The van der Waals surface area contributed by atoms with E-state index in [2.05, 4.69) is 31.2 Å². The zero-order chi connectivity index (χ0) is 17.7. The molecule has 0 fully saturated rings. The van der Waals surface area contributed by atoms with Gasteiger partial charge in [0, 0.05) is 26.2 Å². The molecule has 0 aromatic rings. The summed E-state index contributed by atoms with van der Waals surface area (Å²) >= 11 is 0. The molecule has 140 valence electrons. The maximum Gasteiger partial charge on any atom is 0.283 e. The van der Waals surface area contributed by atoms with Gasteiger partial charge in [-0.05, 0) is 39.0 Å². The lowest BCUT2D eigenvalue weighted by Gasteiger charge is -2.36. The third-order valence-electron chi connectivity index (χ3n) is 4.61. The van der Waals surface area contributed by atoms with Crippen LogP contribution < -0.4 is 0 Å². The Morgan fingerprint density at radius 1 is 0.792 bits per heavy atom. The first-order chi connectivity index (χ1) is 11.7. The van der Waals surface area contributed by atoms with Gasteiger partial charge in [0.15, 0.2) is 0 Å². The van der Waals surface area contributed by atoms with Gasteiger partial charge in [-0.2, -0.15) is 0 Å². The van der Waals surface area contributed by atoms with Crippen molar-refractivity contribution >= 4 is 0 Å². The summed E-state index contributed by atoms with van der Waals surface area (Å²) < 4.78 is 17.9. The largest absolute Gasteiger partial charge is 0.328 e. The fourth-order valence-electron chi connectivity index (χ4n) is 3.49. The van der Waals surface area contributed by atoms with Gasteiger partial charge in [0.2, 0.25) is 0 Å². The summed E-state index contributed by atoms with van der Waals surface area (Å²) in [5.41, 5.74) is 0. The molecular weight excluding hydrogens is 300 g/mol. The van der Waals surface area contributed by atoms with Gasteiger partial charge in [0.25, 0.3) is 5.97 Å². The molecule has 0 amide bonds. The van der Waals surface area contributed by atoms with E-state index in [9.17, 15) is 0 Å². The molecule has 1 aliphatic rings. The second kappa shape index (κ2) is 12.7. The van der Waals surface area contributed by atoms with E-state index in [4.69, 9.17) is 14.2 Å². The number of hydrogen-bond donors (Lipinski definition) is 0. The van der Waals surface area contributed by atoms with Gasteiger partial charge >= 0.3 is 0 Å². The molecule has 0 heterocycles. The van der Waals surface area contributed by atoms with E-state index in [-0.39, 0.29) is 0 Å². The maximum atomic E-state index is 5.95. The highest BCUT2D eigenvalue weighted by atomic mass is 16.9. The van der Waals surface area contributed by atoms with Crippen molar-refractivity contribution in [2.45, 2.75) is 78.6 Å². The average Bonchev–Trinajstić information content (AvgIpc) is 3.09. The standard InChI is InChI=1S/C21H38O3/c1-5-9-10-11-12-17-20(19-15-13-14-16-19)18-21(22-6-2,23-7-3)24-8-4/h13-16,19-20H,5-12,17-18H2,1-4H3. The lowest BCUT2D eigenvalue weighted by Crippen LogP contribution is -2.42. The minimum absolute atomic E-state index is 0.469. The van der Waals surface area contributed by atoms with Crippen LogP contribution in [-0.4, -0.2) is 25.8 Å². The fourth-order valence-corrected chi connectivity index (χ4v) is 3.49. The van der Waals surface area contributed by atoms with E-state index in [0.29, 0.717) is 31.7 Å². The van der Waals surface area contributed by atoms with Gasteiger partial charge in [-0.3, -0.25) is 0 Å². The van der Waals surface area contributed by atoms with Gasteiger partial charge in [0.1, 0.15) is 0 Å². The van der Waals surface area contributed by atoms with Gasteiger partial charge in [-0.1, -0.05) is 63.3 Å². The summed E-state index contributed by atoms with van der Waals surface area (Å²) in [4.78, 5) is 0. The smallest absolute Gasteiger partial charge is 0.283 e. The zero-order valence-corrected chi connectivity index (χ0v) is 16.3. The van der Waals surface area contributed by atoms with Crippen LogP contribution in [0.25, 0.3) is 0 Å². The van der Waals surface area contributed by atoms with Gasteiger partial charge in [0.05, 0.1) is 0 Å². The number of ether oxygens (including phenoxy) is 3. The Kier molecular flexibility index (Phi) is 11.3. The van der Waals surface area contributed by atoms with E-state index >= 15 is 0 Å². The molecule has 0 N–H and O–H groups in total. The summed E-state index contributed by atoms with van der Waals surface area (Å²) in [7, 11) is 0. The van der Waals surface area contributed by atoms with Crippen molar-refractivity contribution in [3.8, 4) is 0 Å². The van der Waals surface area contributed by atoms with Crippen LogP contribution in [0, 0.1) is 11.8 Å². The lowest BCUT2D eigenvalue weighted by atomic mass is 9.85. The molecule has 0 saturated heterocycles. The maximum absolute atomic E-state index is 5.95. The zero-order valence-electron chi connectivity index (χ0n) is 16.3. The van der Waals surface area contributed by atoms with Crippen molar-refractivity contribution in [3.05, 3.63) is 24.3 Å². The highest BCUT2D eigenvalue weighted by molar-refractivity contribution is 5.18. The molecule has 1 atom stereocenters. The molecule has 3 nitrogen and oxygen atoms in total. The summed E-state index contributed by atoms with van der Waals surface area (Å²) in [6.45, 7) is 10.1. The molecule has 1 unspecified atom stereocenters. The second-order valence-corrected chi connectivity index (χ2v) is 6.50. The summed E-state index contributed by atoms with van der Waals surface area (Å²) in [5, 5.41) is 0. The van der Waals surface area contributed by atoms with Crippen LogP contribution in [0.5, 0.6) is 0 Å². The fraction of sp³-hybridized carbons (Fsp3) is 0.810. The number of rotatable bonds is 15. The first-order valence-electron chi connectivity index (χ1n) is 9.98. The first kappa shape index (κ1) is 21.4. The van der Waals surface area contributed by atoms with E-state index in [1.54, 1.807) is 0 Å². The average molecular weight is 339 g/mol. The molecule has 0 spiro atoms. The van der Waals surface area contributed by atoms with Crippen molar-refractivity contribution in [1.29, 1.82) is 0 Å². The third-order valence-corrected chi connectivity index (χ3v) is 4.61. The molecule has 3 heteroatoms. The Balaban J connectivity index is 2.71. The van der Waals surface area contributed by atoms with Crippen LogP contribution >= 0.6 is 0 Å². The van der Waals surface area contributed by atoms with Crippen LogP contribution in [0.15, 0.2) is 24.3 Å². The highest BCUT2D eigenvalue weighted by Gasteiger charge is 2.37. The number of hydrogen-bond acceptors (Lipinski definition) is 3. The van der Waals surface area contributed by atoms with E-state index in [1.165, 1.54) is 38.5 Å². The van der Waals surface area contributed by atoms with E-state index < -0.39 is 5.97 Å². The van der Waals surface area contributed by atoms with Crippen molar-refractivity contribution in [2.75, 3.05) is 19.8 Å². The van der Waals surface area contributed by atoms with Gasteiger partial charge < -0.3 is 14.2 Å². The van der Waals surface area contributed by atoms with Crippen LogP contribution in [-0.2, 0) is 14.2 Å². The molecule has 0 aromatic heterocycles. The van der Waals surface area contributed by atoms with Crippen LogP contribution in [0.3, 0.4) is 0 Å². The van der Waals surface area contributed by atoms with Crippen LogP contribution in [0.2, 0.25) is 0 Å². The molecule has 0 aromatic carbocycles. The molecule has 0 aliphatic heterocycles. The minimum atomic E-state index is -0.892. The molecule has 24 heavy (non-hydrogen) atoms. The van der Waals surface area contributed by atoms with Gasteiger partial charge in [-0.25, -0.2) is 0 Å². The summed E-state index contributed by atoms with van der Waals surface area (Å²) in [6.07, 6.45) is 17.4. The quantitative estimate of drug-likeness (QED) is 0.276. The van der Waals surface area contributed by atoms with Crippen LogP contribution in [0.1, 0.15) is 72.6 Å². The lowest BCUT2D eigenvalue weighted by molar-refractivity contribution is -0.384. The van der Waals surface area contributed by atoms with E-state index in [1.807, 2.05) is 20.8 Å². The van der Waals surface area contributed by atoms with Crippen molar-refractivity contribution < 1.29 is 14.2 Å². The predicted octanol–water partition coefficient (Wildman–Crippen LogP) is 5.86. The van der Waals surface area contributed by atoms with Gasteiger partial charge in [-0.15, -0.1) is 0 Å². The molecule has 1 aliphatic carbocycles. The topological polar surface area (TPSA) is 27.7 Å². The minimum Gasteiger partial charge on any atom is -0.328 e. The Hall–Kier alpha value is -0.640. The van der Waals surface area contributed by atoms with Crippen LogP contribution in [0.4, 0.5) is 0 Å². The van der Waals surface area contributed by atoms with Crippen molar-refractivity contribution in [3.63, 3.8) is 0 Å².